The molecule has 1 aliphatic carbocycles. The maximum Gasteiger partial charge on any atom is 0.254 e. The molecule has 2 atom stereocenters. The van der Waals surface area contributed by atoms with Crippen LogP contribution in [-0.2, 0) is 4.79 Å². The van der Waals surface area contributed by atoms with Crippen molar-refractivity contribution in [2.75, 3.05) is 26.2 Å². The van der Waals surface area contributed by atoms with Gasteiger partial charge in [-0.1, -0.05) is 18.2 Å². The topological polar surface area (TPSA) is 84.2 Å². The summed E-state index contributed by atoms with van der Waals surface area (Å²) in [4.78, 5) is 29.4. The number of hydrogen-bond donors (Lipinski definition) is 0. The molecule has 2 aromatic carbocycles. The number of hydrogen-bond acceptors (Lipinski definition) is 5. The maximum atomic E-state index is 13.1. The Kier molecular flexibility index (Phi) is 4.93. The number of aromatic nitrogens is 4. The minimum Gasteiger partial charge on any atom is -0.339 e. The van der Waals surface area contributed by atoms with Gasteiger partial charge in [-0.05, 0) is 58.7 Å². The third-order valence-corrected chi connectivity index (χ3v) is 5.99. The Hall–Kier alpha value is -3.62. The zero-order chi connectivity index (χ0) is 21.4. The molecule has 9 heteroatoms. The van der Waals surface area contributed by atoms with E-state index in [1.807, 2.05) is 11.0 Å². The molecule has 5 rings (SSSR count). The highest BCUT2D eigenvalue weighted by molar-refractivity contribution is 5.95. The van der Waals surface area contributed by atoms with Crippen LogP contribution in [0.5, 0.6) is 0 Å². The van der Waals surface area contributed by atoms with Crippen molar-refractivity contribution in [2.24, 2.45) is 5.92 Å². The van der Waals surface area contributed by atoms with Crippen LogP contribution in [-0.4, -0.2) is 68.0 Å². The minimum absolute atomic E-state index is 0.0410. The van der Waals surface area contributed by atoms with Crippen molar-refractivity contribution in [1.29, 1.82) is 0 Å². The number of carbonyl (C=O) groups excluding carboxylic acids is 2. The van der Waals surface area contributed by atoms with E-state index in [0.29, 0.717) is 37.4 Å². The molecule has 0 N–H and O–H groups in total. The molecular formula is C22H21FN6O2. The second kappa shape index (κ2) is 7.90. The van der Waals surface area contributed by atoms with Crippen molar-refractivity contribution in [3.63, 3.8) is 0 Å². The van der Waals surface area contributed by atoms with Gasteiger partial charge in [0.2, 0.25) is 5.91 Å². The normalized spacial score (nSPS) is 20.5. The van der Waals surface area contributed by atoms with Crippen molar-refractivity contribution in [3.05, 3.63) is 71.8 Å². The lowest BCUT2D eigenvalue weighted by Gasteiger charge is -2.35. The molecule has 158 valence electrons. The average molecular weight is 420 g/mol. The first-order valence-corrected chi connectivity index (χ1v) is 10.3. The van der Waals surface area contributed by atoms with Gasteiger partial charge in [0.05, 0.1) is 5.69 Å². The van der Waals surface area contributed by atoms with Gasteiger partial charge in [0.15, 0.2) is 0 Å². The van der Waals surface area contributed by atoms with E-state index in [0.717, 1.165) is 12.0 Å². The molecule has 0 radical (unpaired) electrons. The summed E-state index contributed by atoms with van der Waals surface area (Å²) in [6, 6.07) is 13.5. The summed E-state index contributed by atoms with van der Waals surface area (Å²) in [6.45, 7) is 2.02. The van der Waals surface area contributed by atoms with Crippen LogP contribution in [0.4, 0.5) is 4.39 Å². The zero-order valence-electron chi connectivity index (χ0n) is 16.8. The van der Waals surface area contributed by atoms with Crippen molar-refractivity contribution in [2.45, 2.75) is 12.3 Å². The second-order valence-electron chi connectivity index (χ2n) is 7.92. The Morgan fingerprint density at radius 1 is 0.968 bits per heavy atom. The minimum atomic E-state index is -0.267. The van der Waals surface area contributed by atoms with E-state index in [1.165, 1.54) is 23.1 Å². The lowest BCUT2D eigenvalue weighted by Crippen LogP contribution is -2.51. The highest BCUT2D eigenvalue weighted by atomic mass is 19.1. The zero-order valence-corrected chi connectivity index (χ0v) is 16.8. The van der Waals surface area contributed by atoms with Gasteiger partial charge >= 0.3 is 0 Å². The van der Waals surface area contributed by atoms with Gasteiger partial charge in [-0.3, -0.25) is 9.59 Å². The molecule has 0 bridgehead atoms. The molecule has 2 fully saturated rings. The molecule has 31 heavy (non-hydrogen) atoms. The summed E-state index contributed by atoms with van der Waals surface area (Å²) in [5, 5.41) is 11.1. The molecule has 3 aromatic rings. The fourth-order valence-electron chi connectivity index (χ4n) is 4.15. The molecule has 1 saturated heterocycles. The van der Waals surface area contributed by atoms with Gasteiger partial charge in [-0.2, -0.15) is 0 Å². The molecule has 8 nitrogen and oxygen atoms in total. The fourth-order valence-corrected chi connectivity index (χ4v) is 4.15. The van der Waals surface area contributed by atoms with Crippen LogP contribution in [0.1, 0.15) is 28.3 Å². The lowest BCUT2D eigenvalue weighted by molar-refractivity contribution is -0.134. The van der Waals surface area contributed by atoms with E-state index >= 15 is 0 Å². The average Bonchev–Trinajstić information content (AvgIpc) is 3.42. The van der Waals surface area contributed by atoms with E-state index in [-0.39, 0.29) is 29.5 Å². The van der Waals surface area contributed by atoms with E-state index < -0.39 is 0 Å². The van der Waals surface area contributed by atoms with Crippen molar-refractivity contribution < 1.29 is 14.0 Å². The number of benzene rings is 2. The van der Waals surface area contributed by atoms with Gasteiger partial charge in [-0.15, -0.1) is 5.10 Å². The molecule has 2 amide bonds. The van der Waals surface area contributed by atoms with E-state index in [9.17, 15) is 14.0 Å². The van der Waals surface area contributed by atoms with Gasteiger partial charge in [0.25, 0.3) is 5.91 Å². The predicted molar refractivity (Wildman–Crippen MR) is 109 cm³/mol. The Balaban J connectivity index is 1.18. The quantitative estimate of drug-likeness (QED) is 0.644. The van der Waals surface area contributed by atoms with E-state index in [4.69, 9.17) is 0 Å². The van der Waals surface area contributed by atoms with E-state index in [2.05, 4.69) is 15.5 Å². The third kappa shape index (κ3) is 3.90. The van der Waals surface area contributed by atoms with Crippen molar-refractivity contribution in [3.8, 4) is 5.69 Å². The van der Waals surface area contributed by atoms with Crippen LogP contribution in [0.25, 0.3) is 5.69 Å². The Morgan fingerprint density at radius 2 is 1.71 bits per heavy atom. The molecule has 0 unspecified atom stereocenters. The van der Waals surface area contributed by atoms with Crippen LogP contribution >= 0.6 is 0 Å². The van der Waals surface area contributed by atoms with Crippen LogP contribution in [0.2, 0.25) is 0 Å². The lowest BCUT2D eigenvalue weighted by atomic mass is 10.1. The molecular weight excluding hydrogens is 399 g/mol. The summed E-state index contributed by atoms with van der Waals surface area (Å²) in [6.07, 6.45) is 2.28. The third-order valence-electron chi connectivity index (χ3n) is 5.99. The Labute approximate surface area is 178 Å². The summed E-state index contributed by atoms with van der Waals surface area (Å²) in [5.41, 5.74) is 2.28. The van der Waals surface area contributed by atoms with Crippen LogP contribution < -0.4 is 0 Å². The molecule has 2 heterocycles. The molecule has 0 spiro atoms. The first-order valence-electron chi connectivity index (χ1n) is 10.3. The second-order valence-corrected chi connectivity index (χ2v) is 7.92. The van der Waals surface area contributed by atoms with Crippen molar-refractivity contribution in [1.82, 2.24) is 30.0 Å². The van der Waals surface area contributed by atoms with Gasteiger partial charge < -0.3 is 9.80 Å². The Morgan fingerprint density at radius 3 is 2.42 bits per heavy atom. The summed E-state index contributed by atoms with van der Waals surface area (Å²) >= 11 is 0. The number of rotatable bonds is 4. The number of amides is 2. The molecule has 1 saturated carbocycles. The fraction of sp³-hybridized carbons (Fsp3) is 0.318. The molecule has 1 aliphatic heterocycles. The first kappa shape index (κ1) is 19.3. The number of carbonyl (C=O) groups is 2. The maximum absolute atomic E-state index is 13.1. The Bertz CT molecular complexity index is 1090. The van der Waals surface area contributed by atoms with Crippen LogP contribution in [0, 0.1) is 11.7 Å². The summed E-state index contributed by atoms with van der Waals surface area (Å²) in [5.74, 6) is -0.0845. The first-order chi connectivity index (χ1) is 15.1. The molecule has 1 aromatic heterocycles. The monoisotopic (exact) mass is 420 g/mol. The predicted octanol–water partition coefficient (Wildman–Crippen LogP) is 1.89. The molecule has 2 aliphatic rings. The largest absolute Gasteiger partial charge is 0.339 e. The van der Waals surface area contributed by atoms with E-state index in [1.54, 1.807) is 35.2 Å². The highest BCUT2D eigenvalue weighted by Crippen LogP contribution is 2.48. The standard InChI is InChI=1S/C22H21FN6O2/c23-17-6-4-15(5-7-17)19-13-20(19)22(31)28-10-8-27(9-11-28)21(30)16-2-1-3-18(12-16)29-14-24-25-26-29/h1-7,12,14,19-20H,8-11,13H2/t19-,20-/m1/s1. The van der Waals surface area contributed by atoms with Gasteiger partial charge in [-0.25, -0.2) is 9.07 Å². The highest BCUT2D eigenvalue weighted by Gasteiger charge is 2.46. The van der Waals surface area contributed by atoms with Gasteiger partial charge in [0.1, 0.15) is 12.1 Å². The summed E-state index contributed by atoms with van der Waals surface area (Å²) in [7, 11) is 0. The van der Waals surface area contributed by atoms with Crippen molar-refractivity contribution >= 4 is 11.8 Å². The van der Waals surface area contributed by atoms with Crippen LogP contribution in [0.15, 0.2) is 54.9 Å². The van der Waals surface area contributed by atoms with Gasteiger partial charge in [0, 0.05) is 37.7 Å². The number of tetrazole rings is 1. The number of halogens is 1. The smallest absolute Gasteiger partial charge is 0.254 e. The summed E-state index contributed by atoms with van der Waals surface area (Å²) < 4.78 is 14.6. The van der Waals surface area contributed by atoms with Crippen LogP contribution in [0.3, 0.4) is 0 Å². The number of nitrogens with zero attached hydrogens (tertiary/aromatic N) is 6. The number of piperazine rings is 1. The SMILES string of the molecule is O=C(c1cccc(-n2cnnn2)c1)N1CCN(C(=O)[C@@H]2C[C@@H]2c2ccc(F)cc2)CC1.